The zero-order chi connectivity index (χ0) is 12.1. The molecule has 0 saturated carbocycles. The van der Waals surface area contributed by atoms with E-state index >= 15 is 0 Å². The number of hydrogen-bond acceptors (Lipinski definition) is 2. The summed E-state index contributed by atoms with van der Waals surface area (Å²) < 4.78 is 5.65. The first-order chi connectivity index (χ1) is 8.36. The molecule has 0 amide bonds. The first kappa shape index (κ1) is 11.7. The van der Waals surface area contributed by atoms with E-state index < -0.39 is 0 Å². The van der Waals surface area contributed by atoms with Gasteiger partial charge < -0.3 is 15.5 Å². The van der Waals surface area contributed by atoms with Gasteiger partial charge in [0.25, 0.3) is 0 Å². The second-order valence-electron chi connectivity index (χ2n) is 3.88. The average molecular weight is 230 g/mol. The molecule has 0 aliphatic carbocycles. The zero-order valence-electron chi connectivity index (χ0n) is 10.0. The smallest absolute Gasteiger partial charge is 0.123 e. The van der Waals surface area contributed by atoms with Crippen molar-refractivity contribution in [2.45, 2.75) is 12.8 Å². The molecule has 90 valence electrons. The highest BCUT2D eigenvalue weighted by atomic mass is 16.5. The normalized spacial score (nSPS) is 12.4. The van der Waals surface area contributed by atoms with Gasteiger partial charge >= 0.3 is 0 Å². The Morgan fingerprint density at radius 2 is 2.06 bits per heavy atom. The van der Waals surface area contributed by atoms with Crippen molar-refractivity contribution >= 4 is 0 Å². The van der Waals surface area contributed by atoms with Gasteiger partial charge in [-0.1, -0.05) is 18.2 Å². The molecule has 0 radical (unpaired) electrons. The molecule has 0 spiro atoms. The summed E-state index contributed by atoms with van der Waals surface area (Å²) in [6.07, 6.45) is 1.92. The lowest BCUT2D eigenvalue weighted by Crippen LogP contribution is -2.15. The Labute approximate surface area is 102 Å². The summed E-state index contributed by atoms with van der Waals surface area (Å²) in [5.74, 6) is 1.08. The Balaban J connectivity index is 2.37. The molecule has 0 fully saturated rings. The van der Waals surface area contributed by atoms with E-state index in [4.69, 9.17) is 10.5 Å². The number of aromatic amines is 1. The molecule has 1 heterocycles. The third-order valence-electron chi connectivity index (χ3n) is 2.83. The second kappa shape index (κ2) is 5.55. The van der Waals surface area contributed by atoms with Crippen LogP contribution in [0.3, 0.4) is 0 Å². The predicted octanol–water partition coefficient (Wildman–Crippen LogP) is 2.50. The van der Waals surface area contributed by atoms with E-state index in [1.165, 1.54) is 0 Å². The molecule has 1 aromatic heterocycles. The van der Waals surface area contributed by atoms with E-state index in [0.29, 0.717) is 13.2 Å². The quantitative estimate of drug-likeness (QED) is 0.829. The molecule has 1 unspecified atom stereocenters. The molecule has 3 nitrogen and oxygen atoms in total. The van der Waals surface area contributed by atoms with Gasteiger partial charge in [-0.15, -0.1) is 0 Å². The summed E-state index contributed by atoms with van der Waals surface area (Å²) >= 11 is 0. The Morgan fingerprint density at radius 1 is 1.24 bits per heavy atom. The van der Waals surface area contributed by atoms with Crippen molar-refractivity contribution in [1.82, 2.24) is 4.98 Å². The van der Waals surface area contributed by atoms with Gasteiger partial charge in [0.1, 0.15) is 5.75 Å². The van der Waals surface area contributed by atoms with Crippen molar-refractivity contribution in [3.8, 4) is 5.75 Å². The number of rotatable bonds is 5. The highest BCUT2D eigenvalue weighted by Crippen LogP contribution is 2.30. The Bertz CT molecular complexity index is 451. The minimum atomic E-state index is 0.160. The molecule has 17 heavy (non-hydrogen) atoms. The molecule has 0 saturated heterocycles. The average Bonchev–Trinajstić information content (AvgIpc) is 2.86. The lowest BCUT2D eigenvalue weighted by molar-refractivity contribution is 0.335. The van der Waals surface area contributed by atoms with Crippen LogP contribution in [0.4, 0.5) is 0 Å². The minimum absolute atomic E-state index is 0.160. The molecule has 0 aliphatic rings. The molecule has 2 rings (SSSR count). The number of nitrogens with two attached hydrogens (primary N) is 1. The van der Waals surface area contributed by atoms with Crippen LogP contribution in [0.1, 0.15) is 24.1 Å². The molecule has 3 heteroatoms. The topological polar surface area (TPSA) is 51.0 Å². The molecule has 0 bridgehead atoms. The molecule has 2 aromatic rings. The lowest BCUT2D eigenvalue weighted by atomic mass is 9.95. The van der Waals surface area contributed by atoms with E-state index in [2.05, 4.69) is 17.1 Å². The number of ether oxygens (including phenoxy) is 1. The number of H-pyrrole nitrogens is 1. The van der Waals surface area contributed by atoms with Gasteiger partial charge in [0.15, 0.2) is 0 Å². The summed E-state index contributed by atoms with van der Waals surface area (Å²) in [6.45, 7) is 3.21. The van der Waals surface area contributed by atoms with Gasteiger partial charge in [-0.25, -0.2) is 0 Å². The first-order valence-electron chi connectivity index (χ1n) is 5.92. The minimum Gasteiger partial charge on any atom is -0.494 e. The van der Waals surface area contributed by atoms with Crippen LogP contribution in [0, 0.1) is 0 Å². The summed E-state index contributed by atoms with van der Waals surface area (Å²) in [4.78, 5) is 3.22. The van der Waals surface area contributed by atoms with Crippen LogP contribution in [-0.2, 0) is 0 Å². The van der Waals surface area contributed by atoms with Gasteiger partial charge in [-0.3, -0.25) is 0 Å². The molecular weight excluding hydrogens is 212 g/mol. The molecule has 0 aliphatic heterocycles. The Morgan fingerprint density at radius 3 is 2.71 bits per heavy atom. The monoisotopic (exact) mass is 230 g/mol. The Hall–Kier alpha value is -1.74. The van der Waals surface area contributed by atoms with E-state index in [1.54, 1.807) is 0 Å². The zero-order valence-corrected chi connectivity index (χ0v) is 10.0. The second-order valence-corrected chi connectivity index (χ2v) is 3.88. The van der Waals surface area contributed by atoms with Gasteiger partial charge in [-0.2, -0.15) is 0 Å². The SMILES string of the molecule is CCOc1ccccc1C(CN)c1ccc[nH]1. The van der Waals surface area contributed by atoms with E-state index in [9.17, 15) is 0 Å². The van der Waals surface area contributed by atoms with Crippen LogP contribution in [-0.4, -0.2) is 18.1 Å². The van der Waals surface area contributed by atoms with Crippen LogP contribution in [0.15, 0.2) is 42.6 Å². The fourth-order valence-corrected chi connectivity index (χ4v) is 2.04. The van der Waals surface area contributed by atoms with Gasteiger partial charge in [0.05, 0.1) is 6.61 Å². The van der Waals surface area contributed by atoms with Gasteiger partial charge in [0, 0.05) is 29.9 Å². The standard InChI is InChI=1S/C14H18N2O/c1-2-17-14-8-4-3-6-11(14)12(10-15)13-7-5-9-16-13/h3-9,12,16H,2,10,15H2,1H3. The number of aromatic nitrogens is 1. The fourth-order valence-electron chi connectivity index (χ4n) is 2.04. The van der Waals surface area contributed by atoms with E-state index in [0.717, 1.165) is 17.0 Å². The fraction of sp³-hybridized carbons (Fsp3) is 0.286. The summed E-state index contributed by atoms with van der Waals surface area (Å²) in [5.41, 5.74) is 8.15. The maximum absolute atomic E-state index is 5.89. The van der Waals surface area contributed by atoms with Gasteiger partial charge in [0.2, 0.25) is 0 Å². The maximum Gasteiger partial charge on any atom is 0.123 e. The van der Waals surface area contributed by atoms with Crippen molar-refractivity contribution in [3.63, 3.8) is 0 Å². The molecular formula is C14H18N2O. The van der Waals surface area contributed by atoms with Crippen LogP contribution in [0.25, 0.3) is 0 Å². The number of hydrogen-bond donors (Lipinski definition) is 2. The molecule has 1 atom stereocenters. The van der Waals surface area contributed by atoms with Crippen LogP contribution in [0.5, 0.6) is 5.75 Å². The van der Waals surface area contributed by atoms with Crippen molar-refractivity contribution in [2.75, 3.05) is 13.2 Å². The number of benzene rings is 1. The summed E-state index contributed by atoms with van der Waals surface area (Å²) in [6, 6.07) is 12.1. The largest absolute Gasteiger partial charge is 0.494 e. The lowest BCUT2D eigenvalue weighted by Gasteiger charge is -2.17. The highest BCUT2D eigenvalue weighted by Gasteiger charge is 2.17. The van der Waals surface area contributed by atoms with Crippen molar-refractivity contribution < 1.29 is 4.74 Å². The van der Waals surface area contributed by atoms with Gasteiger partial charge in [-0.05, 0) is 25.1 Å². The summed E-state index contributed by atoms with van der Waals surface area (Å²) in [5, 5.41) is 0. The predicted molar refractivity (Wildman–Crippen MR) is 69.3 cm³/mol. The Kier molecular flexibility index (Phi) is 3.83. The van der Waals surface area contributed by atoms with E-state index in [-0.39, 0.29) is 5.92 Å². The van der Waals surface area contributed by atoms with E-state index in [1.807, 2.05) is 37.4 Å². The third-order valence-corrected chi connectivity index (χ3v) is 2.83. The molecule has 3 N–H and O–H groups in total. The van der Waals surface area contributed by atoms with Crippen LogP contribution >= 0.6 is 0 Å². The third kappa shape index (κ3) is 2.50. The highest BCUT2D eigenvalue weighted by molar-refractivity contribution is 5.40. The van der Waals surface area contributed by atoms with Crippen LogP contribution in [0.2, 0.25) is 0 Å². The first-order valence-corrected chi connectivity index (χ1v) is 5.92. The molecule has 1 aromatic carbocycles. The maximum atomic E-state index is 5.89. The number of nitrogens with one attached hydrogen (secondary N) is 1. The van der Waals surface area contributed by atoms with Crippen LogP contribution < -0.4 is 10.5 Å². The van der Waals surface area contributed by atoms with Crippen molar-refractivity contribution in [1.29, 1.82) is 0 Å². The van der Waals surface area contributed by atoms with Crippen molar-refractivity contribution in [3.05, 3.63) is 53.9 Å². The summed E-state index contributed by atoms with van der Waals surface area (Å²) in [7, 11) is 0. The van der Waals surface area contributed by atoms with Crippen molar-refractivity contribution in [2.24, 2.45) is 5.73 Å². The number of para-hydroxylation sites is 1.